The van der Waals surface area contributed by atoms with Gasteiger partial charge in [0, 0.05) is 12.6 Å². The lowest BCUT2D eigenvalue weighted by Crippen LogP contribution is -2.34. The van der Waals surface area contributed by atoms with E-state index in [9.17, 15) is 12.8 Å². The Hall–Kier alpha value is -1.92. The number of sulfonamides is 1. The Morgan fingerprint density at radius 1 is 1.21 bits per heavy atom. The predicted octanol–water partition coefficient (Wildman–Crippen LogP) is 3.91. The van der Waals surface area contributed by atoms with Gasteiger partial charge in [0.25, 0.3) is 0 Å². The molecule has 0 unspecified atom stereocenters. The maximum absolute atomic E-state index is 13.3. The number of benzene rings is 2. The number of hydrogen-bond donors (Lipinski definition) is 0. The molecule has 0 aliphatic heterocycles. The second-order valence-electron chi connectivity index (χ2n) is 5.57. The van der Waals surface area contributed by atoms with Crippen molar-refractivity contribution in [3.05, 3.63) is 59.4 Å². The van der Waals surface area contributed by atoms with E-state index in [4.69, 9.17) is 4.74 Å². The minimum atomic E-state index is -3.74. The molecule has 0 amide bonds. The van der Waals surface area contributed by atoms with Crippen LogP contribution < -0.4 is 4.74 Å². The molecule has 0 N–H and O–H groups in total. The van der Waals surface area contributed by atoms with E-state index < -0.39 is 15.8 Å². The molecule has 2 aromatic carbocycles. The van der Waals surface area contributed by atoms with Gasteiger partial charge in [-0.3, -0.25) is 0 Å². The van der Waals surface area contributed by atoms with E-state index in [1.54, 1.807) is 21.0 Å². The van der Waals surface area contributed by atoms with Crippen LogP contribution in [0.25, 0.3) is 0 Å². The van der Waals surface area contributed by atoms with Crippen molar-refractivity contribution in [2.45, 2.75) is 31.7 Å². The Morgan fingerprint density at radius 3 is 2.50 bits per heavy atom. The van der Waals surface area contributed by atoms with Gasteiger partial charge in [0.1, 0.15) is 11.6 Å². The van der Waals surface area contributed by atoms with Crippen LogP contribution in [0, 0.1) is 12.7 Å². The zero-order chi connectivity index (χ0) is 17.9. The molecule has 0 saturated heterocycles. The number of aryl methyl sites for hydroxylation is 1. The van der Waals surface area contributed by atoms with Gasteiger partial charge < -0.3 is 4.74 Å². The second-order valence-corrected chi connectivity index (χ2v) is 7.43. The molecule has 0 bridgehead atoms. The van der Waals surface area contributed by atoms with Crippen LogP contribution in [0.4, 0.5) is 4.39 Å². The fourth-order valence-electron chi connectivity index (χ4n) is 2.75. The van der Waals surface area contributed by atoms with Crippen LogP contribution in [0.3, 0.4) is 0 Å². The molecular formula is C18H22FNO3S. The van der Waals surface area contributed by atoms with Crippen LogP contribution in [-0.4, -0.2) is 26.4 Å². The normalized spacial score (nSPS) is 13.1. The summed E-state index contributed by atoms with van der Waals surface area (Å²) in [5.74, 6) is 0.223. The first-order valence-corrected chi connectivity index (χ1v) is 9.17. The molecule has 1 atom stereocenters. The standard InChI is InChI=1S/C18H22FNO3S/c1-5-20(14(3)15-7-6-8-17(12-15)23-4)24(21,22)18-10-9-16(19)11-13(18)2/h6-12,14H,5H2,1-4H3/t14-/m0/s1. The lowest BCUT2D eigenvalue weighted by molar-refractivity contribution is 0.354. The van der Waals surface area contributed by atoms with Crippen molar-refractivity contribution >= 4 is 10.0 Å². The Kier molecular flexibility index (Phi) is 5.62. The zero-order valence-electron chi connectivity index (χ0n) is 14.3. The number of hydrogen-bond acceptors (Lipinski definition) is 3. The molecule has 0 fully saturated rings. The fraction of sp³-hybridized carbons (Fsp3) is 0.333. The Balaban J connectivity index is 2.45. The number of rotatable bonds is 6. The van der Waals surface area contributed by atoms with E-state index in [0.717, 1.165) is 5.56 Å². The first-order valence-electron chi connectivity index (χ1n) is 7.73. The van der Waals surface area contributed by atoms with Crippen molar-refractivity contribution < 1.29 is 17.5 Å². The van der Waals surface area contributed by atoms with Gasteiger partial charge in [-0.05, 0) is 55.3 Å². The molecule has 0 saturated carbocycles. The number of nitrogens with zero attached hydrogens (tertiary/aromatic N) is 1. The van der Waals surface area contributed by atoms with Crippen molar-refractivity contribution in [2.75, 3.05) is 13.7 Å². The molecule has 6 heteroatoms. The van der Waals surface area contributed by atoms with Crippen LogP contribution in [0.5, 0.6) is 5.75 Å². The van der Waals surface area contributed by atoms with Gasteiger partial charge in [0.2, 0.25) is 10.0 Å². The lowest BCUT2D eigenvalue weighted by atomic mass is 10.1. The van der Waals surface area contributed by atoms with Crippen LogP contribution >= 0.6 is 0 Å². The summed E-state index contributed by atoms with van der Waals surface area (Å²) in [7, 11) is -2.17. The zero-order valence-corrected chi connectivity index (χ0v) is 15.1. The third-order valence-corrected chi connectivity index (χ3v) is 6.25. The van der Waals surface area contributed by atoms with Crippen molar-refractivity contribution in [2.24, 2.45) is 0 Å². The first kappa shape index (κ1) is 18.4. The van der Waals surface area contributed by atoms with E-state index >= 15 is 0 Å². The van der Waals surface area contributed by atoms with Gasteiger partial charge in [0.05, 0.1) is 12.0 Å². The Bertz CT molecular complexity index is 821. The molecular weight excluding hydrogens is 329 g/mol. The van der Waals surface area contributed by atoms with Crippen LogP contribution in [0.1, 0.15) is 31.0 Å². The molecule has 2 aromatic rings. The minimum absolute atomic E-state index is 0.125. The number of ether oxygens (including phenoxy) is 1. The van der Waals surface area contributed by atoms with E-state index in [1.807, 2.05) is 31.2 Å². The summed E-state index contributed by atoms with van der Waals surface area (Å²) < 4.78 is 46.0. The topological polar surface area (TPSA) is 46.6 Å². The predicted molar refractivity (Wildman–Crippen MR) is 92.1 cm³/mol. The Labute approximate surface area is 142 Å². The summed E-state index contributed by atoms with van der Waals surface area (Å²) in [6, 6.07) is 10.7. The van der Waals surface area contributed by atoms with Gasteiger partial charge >= 0.3 is 0 Å². The molecule has 0 aliphatic rings. The third kappa shape index (κ3) is 3.60. The summed E-state index contributed by atoms with van der Waals surface area (Å²) in [6.07, 6.45) is 0. The first-order chi connectivity index (χ1) is 11.3. The van der Waals surface area contributed by atoms with E-state index in [2.05, 4.69) is 0 Å². The second kappa shape index (κ2) is 7.32. The van der Waals surface area contributed by atoms with Crippen LogP contribution in [0.15, 0.2) is 47.4 Å². The maximum Gasteiger partial charge on any atom is 0.243 e. The van der Waals surface area contributed by atoms with Gasteiger partial charge in [-0.15, -0.1) is 0 Å². The minimum Gasteiger partial charge on any atom is -0.497 e. The average molecular weight is 351 g/mol. The van der Waals surface area contributed by atoms with Crippen LogP contribution in [-0.2, 0) is 10.0 Å². The number of halogens is 1. The largest absolute Gasteiger partial charge is 0.497 e. The highest BCUT2D eigenvalue weighted by Gasteiger charge is 2.30. The molecule has 2 rings (SSSR count). The monoisotopic (exact) mass is 351 g/mol. The Morgan fingerprint density at radius 2 is 1.92 bits per heavy atom. The van der Waals surface area contributed by atoms with Crippen LogP contribution in [0.2, 0.25) is 0 Å². The highest BCUT2D eigenvalue weighted by atomic mass is 32.2. The molecule has 0 aromatic heterocycles. The quantitative estimate of drug-likeness (QED) is 0.792. The summed E-state index contributed by atoms with van der Waals surface area (Å²) in [4.78, 5) is 0.125. The third-order valence-electron chi connectivity index (χ3n) is 4.04. The molecule has 24 heavy (non-hydrogen) atoms. The van der Waals surface area contributed by atoms with Crippen molar-refractivity contribution in [1.29, 1.82) is 0 Å². The van der Waals surface area contributed by atoms with E-state index in [1.165, 1.54) is 22.5 Å². The summed E-state index contributed by atoms with van der Waals surface area (Å²) in [5.41, 5.74) is 1.23. The highest BCUT2D eigenvalue weighted by Crippen LogP contribution is 2.30. The molecule has 0 spiro atoms. The van der Waals surface area contributed by atoms with Crippen molar-refractivity contribution in [3.8, 4) is 5.75 Å². The van der Waals surface area contributed by atoms with E-state index in [0.29, 0.717) is 17.9 Å². The molecule has 0 aliphatic carbocycles. The lowest BCUT2D eigenvalue weighted by Gasteiger charge is -2.28. The van der Waals surface area contributed by atoms with Crippen molar-refractivity contribution in [3.63, 3.8) is 0 Å². The smallest absolute Gasteiger partial charge is 0.243 e. The van der Waals surface area contributed by atoms with Gasteiger partial charge in [-0.1, -0.05) is 19.1 Å². The molecule has 0 heterocycles. The SMILES string of the molecule is CCN([C@@H](C)c1cccc(OC)c1)S(=O)(=O)c1ccc(F)cc1C. The fourth-order valence-corrected chi connectivity index (χ4v) is 4.58. The van der Waals surface area contributed by atoms with Gasteiger partial charge in [0.15, 0.2) is 0 Å². The van der Waals surface area contributed by atoms with Crippen molar-refractivity contribution in [1.82, 2.24) is 4.31 Å². The number of methoxy groups -OCH3 is 1. The summed E-state index contributed by atoms with van der Waals surface area (Å²) in [6.45, 7) is 5.51. The average Bonchev–Trinajstić information content (AvgIpc) is 2.54. The molecule has 130 valence electrons. The molecule has 4 nitrogen and oxygen atoms in total. The maximum atomic E-state index is 13.3. The van der Waals surface area contributed by atoms with Gasteiger partial charge in [-0.2, -0.15) is 4.31 Å². The van der Waals surface area contributed by atoms with Gasteiger partial charge in [-0.25, -0.2) is 12.8 Å². The summed E-state index contributed by atoms with van der Waals surface area (Å²) in [5, 5.41) is 0. The van der Waals surface area contributed by atoms with E-state index in [-0.39, 0.29) is 10.9 Å². The summed E-state index contributed by atoms with van der Waals surface area (Å²) >= 11 is 0. The molecule has 0 radical (unpaired) electrons. The highest BCUT2D eigenvalue weighted by molar-refractivity contribution is 7.89.